The van der Waals surface area contributed by atoms with Gasteiger partial charge >= 0.3 is 0 Å². The van der Waals surface area contributed by atoms with E-state index in [1.807, 2.05) is 31.1 Å². The van der Waals surface area contributed by atoms with Crippen LogP contribution in [0.15, 0.2) is 196 Å². The van der Waals surface area contributed by atoms with Gasteiger partial charge < -0.3 is 15.5 Å². The van der Waals surface area contributed by atoms with Gasteiger partial charge in [-0.25, -0.2) is 24.9 Å². The van der Waals surface area contributed by atoms with Crippen LogP contribution in [0.5, 0.6) is 0 Å². The molecular weight excluding hydrogens is 689 g/mol. The van der Waals surface area contributed by atoms with Crippen LogP contribution in [0.4, 0.5) is 28.4 Å². The van der Waals surface area contributed by atoms with E-state index in [4.69, 9.17) is 9.98 Å². The van der Waals surface area contributed by atoms with Crippen LogP contribution >= 0.6 is 0 Å². The van der Waals surface area contributed by atoms with Crippen LogP contribution in [-0.4, -0.2) is 43.0 Å². The van der Waals surface area contributed by atoms with Crippen LogP contribution in [0.1, 0.15) is 33.7 Å². The maximum absolute atomic E-state index is 5.04. The van der Waals surface area contributed by atoms with E-state index in [1.54, 1.807) is 0 Å². The van der Waals surface area contributed by atoms with Crippen molar-refractivity contribution in [3.63, 3.8) is 0 Å². The van der Waals surface area contributed by atoms with E-state index >= 15 is 0 Å². The van der Waals surface area contributed by atoms with E-state index in [0.717, 1.165) is 63.1 Å². The average Bonchev–Trinajstić information content (AvgIpc) is 3.26. The van der Waals surface area contributed by atoms with Gasteiger partial charge in [0.25, 0.3) is 0 Å². The number of nitrogens with zero attached hydrogens (tertiary/aromatic N) is 6. The van der Waals surface area contributed by atoms with Crippen LogP contribution in [-0.2, 0) is 6.42 Å². The van der Waals surface area contributed by atoms with Gasteiger partial charge in [-0.3, -0.25) is 0 Å². The van der Waals surface area contributed by atoms with Gasteiger partial charge in [0.1, 0.15) is 6.34 Å². The van der Waals surface area contributed by atoms with Crippen molar-refractivity contribution >= 4 is 58.1 Å². The zero-order chi connectivity index (χ0) is 37.8. The Morgan fingerprint density at radius 1 is 0.571 bits per heavy atom. The van der Waals surface area contributed by atoms with Crippen molar-refractivity contribution in [2.24, 2.45) is 20.0 Å². The number of benzene rings is 6. The molecule has 0 saturated heterocycles. The maximum Gasteiger partial charge on any atom is 0.239 e. The molecule has 56 heavy (non-hydrogen) atoms. The van der Waals surface area contributed by atoms with E-state index < -0.39 is 0 Å². The number of rotatable bonds is 11. The zero-order valence-electron chi connectivity index (χ0n) is 31.2. The van der Waals surface area contributed by atoms with Gasteiger partial charge in [-0.05, 0) is 83.8 Å². The third-order valence-corrected chi connectivity index (χ3v) is 10.3. The molecule has 6 aromatic carbocycles. The number of nitrogens with one attached hydrogen (secondary N) is 2. The molecule has 272 valence electrons. The highest BCUT2D eigenvalue weighted by Crippen LogP contribution is 2.40. The standard InChI is InChI=1S/C48H40N8/c1-49-43-28-35(42(34-17-9-4-10-18-34)27-33-15-7-3-8-16-33)23-25-40(43)45-30-39-31-46(54-48-52-32-51-47(53-45)56(39)48)41-26-24-38(29-44(41)50-2)55(36-19-11-5-12-20-36)37-21-13-6-14-22-37/h3-26,28-32,42,49-50H,27H2,1-2H3. The van der Waals surface area contributed by atoms with Crippen LogP contribution in [0.25, 0.3) is 5.70 Å². The second-order valence-corrected chi connectivity index (χ2v) is 13.7. The fraction of sp³-hybridized carbons (Fsp3) is 0.0833. The smallest absolute Gasteiger partial charge is 0.239 e. The molecule has 0 bridgehead atoms. The molecule has 9 rings (SSSR count). The Hall–Kier alpha value is -7.32. The number of hydrogen-bond donors (Lipinski definition) is 2. The maximum atomic E-state index is 5.04. The van der Waals surface area contributed by atoms with Crippen molar-refractivity contribution in [3.8, 4) is 0 Å². The quantitative estimate of drug-likeness (QED) is 0.139. The second kappa shape index (κ2) is 15.2. The Bertz CT molecular complexity index is 2530. The summed E-state index contributed by atoms with van der Waals surface area (Å²) in [6.45, 7) is 0. The van der Waals surface area contributed by atoms with E-state index in [0.29, 0.717) is 11.9 Å². The predicted octanol–water partition coefficient (Wildman–Crippen LogP) is 10.4. The van der Waals surface area contributed by atoms with Gasteiger partial charge in [-0.15, -0.1) is 0 Å². The molecule has 6 aromatic rings. The van der Waals surface area contributed by atoms with Crippen LogP contribution in [0, 0.1) is 0 Å². The molecule has 2 N–H and O–H groups in total. The molecule has 0 aliphatic carbocycles. The van der Waals surface area contributed by atoms with Gasteiger partial charge in [0.2, 0.25) is 11.9 Å². The summed E-state index contributed by atoms with van der Waals surface area (Å²) >= 11 is 0. The van der Waals surface area contributed by atoms with Crippen molar-refractivity contribution in [1.29, 1.82) is 0 Å². The largest absolute Gasteiger partial charge is 0.388 e. The Morgan fingerprint density at radius 2 is 1.20 bits per heavy atom. The molecule has 8 nitrogen and oxygen atoms in total. The molecule has 0 aromatic heterocycles. The summed E-state index contributed by atoms with van der Waals surface area (Å²) in [5.74, 6) is 1.24. The lowest BCUT2D eigenvalue weighted by Gasteiger charge is -2.32. The fourth-order valence-electron chi connectivity index (χ4n) is 7.61. The molecule has 1 unspecified atom stereocenters. The number of para-hydroxylation sites is 2. The van der Waals surface area contributed by atoms with Crippen LogP contribution < -0.4 is 15.5 Å². The molecule has 8 heteroatoms. The molecule has 0 fully saturated rings. The lowest BCUT2D eigenvalue weighted by molar-refractivity contribution is 0.738. The topological polar surface area (TPSA) is 80.0 Å². The summed E-state index contributed by atoms with van der Waals surface area (Å²) in [5.41, 5.74) is 13.4. The first-order chi connectivity index (χ1) is 27.7. The highest BCUT2D eigenvalue weighted by molar-refractivity contribution is 6.24. The summed E-state index contributed by atoms with van der Waals surface area (Å²) < 4.78 is 0. The van der Waals surface area contributed by atoms with E-state index in [2.05, 4.69) is 183 Å². The van der Waals surface area contributed by atoms with Gasteiger partial charge in [-0.2, -0.15) is 0 Å². The molecule has 3 aliphatic heterocycles. The Morgan fingerprint density at radius 3 is 1.88 bits per heavy atom. The summed E-state index contributed by atoms with van der Waals surface area (Å²) in [5, 5.41) is 6.92. The zero-order valence-corrected chi connectivity index (χ0v) is 31.2. The Kier molecular flexibility index (Phi) is 9.35. The molecular formula is C48H40N8. The minimum absolute atomic E-state index is 0.184. The monoisotopic (exact) mass is 728 g/mol. The van der Waals surface area contributed by atoms with Gasteiger partial charge in [0.05, 0.1) is 17.1 Å². The van der Waals surface area contributed by atoms with Crippen molar-refractivity contribution in [2.75, 3.05) is 29.6 Å². The van der Waals surface area contributed by atoms with E-state index in [-0.39, 0.29) is 5.92 Å². The molecule has 3 aliphatic rings. The SMILES string of the molecule is CNc1cc(N(c2ccccc2)c2ccccc2)ccc1C1=CC2=CC(c3ccc(C(Cc4ccccc4)c4ccccc4)cc3NC)=NC3=NC=NC(=N1)N23. The molecule has 0 saturated carbocycles. The summed E-state index contributed by atoms with van der Waals surface area (Å²) in [6.07, 6.45) is 6.62. The summed E-state index contributed by atoms with van der Waals surface area (Å²) in [7, 11) is 3.91. The van der Waals surface area contributed by atoms with Crippen LogP contribution in [0.2, 0.25) is 0 Å². The number of allylic oxidation sites excluding steroid dienone is 2. The lowest BCUT2D eigenvalue weighted by atomic mass is 9.85. The van der Waals surface area contributed by atoms with E-state index in [9.17, 15) is 0 Å². The summed E-state index contributed by atoms with van der Waals surface area (Å²) in [6, 6.07) is 55.4. The molecule has 3 heterocycles. The Balaban J connectivity index is 1.08. The first-order valence-electron chi connectivity index (χ1n) is 18.8. The Labute approximate surface area is 327 Å². The number of guanidine groups is 2. The first kappa shape index (κ1) is 34.4. The predicted molar refractivity (Wildman–Crippen MR) is 233 cm³/mol. The number of hydrogen-bond acceptors (Lipinski definition) is 8. The van der Waals surface area contributed by atoms with Crippen molar-refractivity contribution in [1.82, 2.24) is 4.90 Å². The first-order valence-corrected chi connectivity index (χ1v) is 18.8. The van der Waals surface area contributed by atoms with Crippen molar-refractivity contribution in [3.05, 3.63) is 203 Å². The molecule has 0 spiro atoms. The van der Waals surface area contributed by atoms with Crippen molar-refractivity contribution in [2.45, 2.75) is 12.3 Å². The fourth-order valence-corrected chi connectivity index (χ4v) is 7.61. The van der Waals surface area contributed by atoms with E-state index in [1.165, 1.54) is 23.0 Å². The molecule has 0 amide bonds. The lowest BCUT2D eigenvalue weighted by Crippen LogP contribution is -2.40. The molecule has 1 atom stereocenters. The number of aliphatic imine (C=N–C) groups is 4. The normalized spacial score (nSPS) is 14.7. The third kappa shape index (κ3) is 6.69. The minimum Gasteiger partial charge on any atom is -0.388 e. The van der Waals surface area contributed by atoms with Crippen LogP contribution in [0.3, 0.4) is 0 Å². The van der Waals surface area contributed by atoms with Crippen molar-refractivity contribution < 1.29 is 0 Å². The summed E-state index contributed by atoms with van der Waals surface area (Å²) in [4.78, 5) is 23.4. The van der Waals surface area contributed by atoms with Gasteiger partial charge in [0.15, 0.2) is 0 Å². The highest BCUT2D eigenvalue weighted by Gasteiger charge is 2.32. The minimum atomic E-state index is 0.184. The average molecular weight is 729 g/mol. The molecule has 0 radical (unpaired) electrons. The third-order valence-electron chi connectivity index (χ3n) is 10.3. The number of anilines is 5. The van der Waals surface area contributed by atoms with Gasteiger partial charge in [0, 0.05) is 59.6 Å². The van der Waals surface area contributed by atoms with Gasteiger partial charge in [-0.1, -0.05) is 109 Å². The second-order valence-electron chi connectivity index (χ2n) is 13.7. The highest BCUT2D eigenvalue weighted by atomic mass is 15.4.